The third kappa shape index (κ3) is 5.58. The molecule has 0 aliphatic heterocycles. The number of carbonyl (C=O) groups excluding carboxylic acids is 2. The van der Waals surface area contributed by atoms with Gasteiger partial charge in [0.05, 0.1) is 0 Å². The summed E-state index contributed by atoms with van der Waals surface area (Å²) in [5.74, 6) is -1.55. The molecule has 7 heteroatoms. The van der Waals surface area contributed by atoms with Crippen molar-refractivity contribution in [2.24, 2.45) is 0 Å². The predicted molar refractivity (Wildman–Crippen MR) is 69.5 cm³/mol. The second-order valence-corrected chi connectivity index (χ2v) is 5.62. The minimum absolute atomic E-state index is 0.338. The van der Waals surface area contributed by atoms with Gasteiger partial charge in [-0.15, -0.1) is 0 Å². The quantitative estimate of drug-likeness (QED) is 0.685. The average molecular weight is 311 g/mol. The van der Waals surface area contributed by atoms with Crippen molar-refractivity contribution in [1.29, 1.82) is 0 Å². The second-order valence-electron chi connectivity index (χ2n) is 3.34. The van der Waals surface area contributed by atoms with Crippen LogP contribution in [0.3, 0.4) is 0 Å². The van der Waals surface area contributed by atoms with Gasteiger partial charge in [-0.25, -0.2) is 4.79 Å². The van der Waals surface area contributed by atoms with Crippen LogP contribution in [-0.2, 0) is 20.9 Å². The molecule has 0 heterocycles. The standard InChI is InChI=1S/C11H10Cl3NO3/c12-11(13,14)10(17)18-7-9(16)15-6-8-4-2-1-3-5-8/h1-5H,6-7H2,(H,15,16). The molecule has 0 aromatic heterocycles. The minimum Gasteiger partial charge on any atom is -0.452 e. The first-order valence-electron chi connectivity index (χ1n) is 4.94. The highest BCUT2D eigenvalue weighted by Gasteiger charge is 2.33. The second kappa shape index (κ2) is 6.83. The van der Waals surface area contributed by atoms with Gasteiger partial charge in [-0.3, -0.25) is 4.79 Å². The number of hydrogen-bond acceptors (Lipinski definition) is 3. The Kier molecular flexibility index (Phi) is 5.72. The molecule has 98 valence electrons. The molecule has 0 bridgehead atoms. The van der Waals surface area contributed by atoms with Crippen LogP contribution in [0.4, 0.5) is 0 Å². The van der Waals surface area contributed by atoms with Crippen molar-refractivity contribution in [3.63, 3.8) is 0 Å². The topological polar surface area (TPSA) is 55.4 Å². The zero-order valence-corrected chi connectivity index (χ0v) is 11.4. The van der Waals surface area contributed by atoms with Gasteiger partial charge in [0.15, 0.2) is 6.61 Å². The Labute approximate surface area is 119 Å². The van der Waals surface area contributed by atoms with Crippen molar-refractivity contribution in [1.82, 2.24) is 5.32 Å². The van der Waals surface area contributed by atoms with Gasteiger partial charge in [-0.2, -0.15) is 0 Å². The maximum atomic E-state index is 11.3. The fraction of sp³-hybridized carbons (Fsp3) is 0.273. The van der Waals surface area contributed by atoms with Crippen LogP contribution in [0.25, 0.3) is 0 Å². The predicted octanol–water partition coefficient (Wildman–Crippen LogP) is 2.22. The van der Waals surface area contributed by atoms with E-state index in [0.29, 0.717) is 6.54 Å². The fourth-order valence-electron chi connectivity index (χ4n) is 1.06. The van der Waals surface area contributed by atoms with Gasteiger partial charge >= 0.3 is 5.97 Å². The molecule has 4 nitrogen and oxygen atoms in total. The lowest BCUT2D eigenvalue weighted by Crippen LogP contribution is -2.31. The zero-order chi connectivity index (χ0) is 13.6. The maximum Gasteiger partial charge on any atom is 0.359 e. The van der Waals surface area contributed by atoms with Gasteiger partial charge in [0.2, 0.25) is 0 Å². The Morgan fingerprint density at radius 3 is 2.33 bits per heavy atom. The van der Waals surface area contributed by atoms with Crippen molar-refractivity contribution in [3.05, 3.63) is 35.9 Å². The number of amides is 1. The van der Waals surface area contributed by atoms with E-state index in [0.717, 1.165) is 5.56 Å². The normalized spacial score (nSPS) is 10.8. The molecule has 0 spiro atoms. The van der Waals surface area contributed by atoms with Gasteiger partial charge < -0.3 is 10.1 Å². The SMILES string of the molecule is O=C(COC(=O)C(Cl)(Cl)Cl)NCc1ccccc1. The van der Waals surface area contributed by atoms with E-state index in [2.05, 4.69) is 10.1 Å². The van der Waals surface area contributed by atoms with E-state index in [4.69, 9.17) is 34.8 Å². The molecule has 0 unspecified atom stereocenters. The molecule has 1 aromatic rings. The van der Waals surface area contributed by atoms with E-state index < -0.39 is 22.3 Å². The van der Waals surface area contributed by atoms with E-state index in [-0.39, 0.29) is 0 Å². The number of halogens is 3. The van der Waals surface area contributed by atoms with Crippen molar-refractivity contribution in [2.75, 3.05) is 6.61 Å². The number of benzene rings is 1. The summed E-state index contributed by atoms with van der Waals surface area (Å²) < 4.78 is 2.34. The highest BCUT2D eigenvalue weighted by atomic mass is 35.6. The zero-order valence-electron chi connectivity index (χ0n) is 9.16. The molecule has 1 rings (SSSR count). The Morgan fingerprint density at radius 1 is 1.17 bits per heavy atom. The molecule has 1 aromatic carbocycles. The Hall–Kier alpha value is -0.970. The number of ether oxygens (including phenoxy) is 1. The fourth-order valence-corrected chi connectivity index (χ4v) is 1.22. The van der Waals surface area contributed by atoms with Crippen molar-refractivity contribution < 1.29 is 14.3 Å². The Morgan fingerprint density at radius 2 is 1.78 bits per heavy atom. The van der Waals surface area contributed by atoms with E-state index in [1.807, 2.05) is 30.3 Å². The largest absolute Gasteiger partial charge is 0.452 e. The summed E-state index contributed by atoms with van der Waals surface area (Å²) in [6.07, 6.45) is 0. The van der Waals surface area contributed by atoms with Gasteiger partial charge in [0.25, 0.3) is 9.70 Å². The van der Waals surface area contributed by atoms with Crippen LogP contribution in [0.2, 0.25) is 0 Å². The number of esters is 1. The van der Waals surface area contributed by atoms with E-state index in [1.165, 1.54) is 0 Å². The molecule has 0 fully saturated rings. The van der Waals surface area contributed by atoms with E-state index >= 15 is 0 Å². The van der Waals surface area contributed by atoms with Crippen molar-refractivity contribution >= 4 is 46.7 Å². The molecule has 0 saturated carbocycles. The Balaban J connectivity index is 2.29. The summed E-state index contributed by atoms with van der Waals surface area (Å²) in [4.78, 5) is 22.4. The van der Waals surface area contributed by atoms with Crippen LogP contribution >= 0.6 is 34.8 Å². The number of carbonyl (C=O) groups is 2. The van der Waals surface area contributed by atoms with Crippen LogP contribution < -0.4 is 5.32 Å². The number of hydrogen-bond donors (Lipinski definition) is 1. The summed E-state index contributed by atoms with van der Waals surface area (Å²) in [5.41, 5.74) is 0.929. The third-order valence-corrected chi connectivity index (χ3v) is 2.36. The molecule has 0 aliphatic rings. The van der Waals surface area contributed by atoms with Gasteiger partial charge in [0, 0.05) is 6.54 Å². The molecule has 0 atom stereocenters. The van der Waals surface area contributed by atoms with Gasteiger partial charge in [0.1, 0.15) is 0 Å². The lowest BCUT2D eigenvalue weighted by Gasteiger charge is -2.10. The highest BCUT2D eigenvalue weighted by molar-refractivity contribution is 6.75. The third-order valence-electron chi connectivity index (χ3n) is 1.90. The average Bonchev–Trinajstić information content (AvgIpc) is 2.33. The first kappa shape index (κ1) is 15.1. The lowest BCUT2D eigenvalue weighted by molar-refractivity contribution is -0.147. The number of alkyl halides is 3. The van der Waals surface area contributed by atoms with E-state index in [1.54, 1.807) is 0 Å². The first-order chi connectivity index (χ1) is 8.39. The minimum atomic E-state index is -2.17. The van der Waals surface area contributed by atoms with Crippen molar-refractivity contribution in [3.8, 4) is 0 Å². The molecule has 1 amide bonds. The van der Waals surface area contributed by atoms with Crippen LogP contribution in [0.15, 0.2) is 30.3 Å². The lowest BCUT2D eigenvalue weighted by atomic mass is 10.2. The summed E-state index contributed by atoms with van der Waals surface area (Å²) >= 11 is 15.8. The summed E-state index contributed by atoms with van der Waals surface area (Å²) in [5, 5.41) is 2.56. The van der Waals surface area contributed by atoms with Gasteiger partial charge in [-0.05, 0) is 5.56 Å². The Bertz CT molecular complexity index is 417. The summed E-state index contributed by atoms with van der Waals surface area (Å²) in [6.45, 7) is -0.148. The first-order valence-corrected chi connectivity index (χ1v) is 6.07. The van der Waals surface area contributed by atoms with Crippen LogP contribution in [0.1, 0.15) is 5.56 Å². The monoisotopic (exact) mass is 309 g/mol. The molecular weight excluding hydrogens is 300 g/mol. The molecule has 0 radical (unpaired) electrons. The molecule has 0 saturated heterocycles. The van der Waals surface area contributed by atoms with Crippen molar-refractivity contribution in [2.45, 2.75) is 10.3 Å². The van der Waals surface area contributed by atoms with Gasteiger partial charge in [-0.1, -0.05) is 65.1 Å². The summed E-state index contributed by atoms with van der Waals surface area (Å²) in [7, 11) is 0. The molecular formula is C11H10Cl3NO3. The highest BCUT2D eigenvalue weighted by Crippen LogP contribution is 2.27. The molecule has 0 aliphatic carbocycles. The number of rotatable bonds is 4. The van der Waals surface area contributed by atoms with E-state index in [9.17, 15) is 9.59 Å². The number of nitrogens with one attached hydrogen (secondary N) is 1. The molecule has 18 heavy (non-hydrogen) atoms. The van der Waals surface area contributed by atoms with Crippen LogP contribution in [0.5, 0.6) is 0 Å². The van der Waals surface area contributed by atoms with Crippen LogP contribution in [-0.4, -0.2) is 22.3 Å². The maximum absolute atomic E-state index is 11.3. The smallest absolute Gasteiger partial charge is 0.359 e. The summed E-state index contributed by atoms with van der Waals surface area (Å²) in [6, 6.07) is 9.28. The van der Waals surface area contributed by atoms with Crippen LogP contribution in [0, 0.1) is 0 Å². The molecule has 1 N–H and O–H groups in total.